The summed E-state index contributed by atoms with van der Waals surface area (Å²) in [6.45, 7) is 1.81. The molecule has 3 nitrogen and oxygen atoms in total. The summed E-state index contributed by atoms with van der Waals surface area (Å²) in [5.74, 6) is 1.12. The van der Waals surface area contributed by atoms with Crippen LogP contribution in [-0.2, 0) is 3.10 Å². The van der Waals surface area contributed by atoms with Gasteiger partial charge in [-0.2, -0.15) is 0 Å². The molecule has 0 fully saturated rings. The Morgan fingerprint density at radius 3 is 2.87 bits per heavy atom. The van der Waals surface area contributed by atoms with Crippen LogP contribution in [0.3, 0.4) is 0 Å². The Balaban J connectivity index is 2.65. The third-order valence-electron chi connectivity index (χ3n) is 1.84. The molecule has 0 spiro atoms. The Kier molecular flexibility index (Phi) is 3.32. The number of aliphatic imine (C=N–C) groups is 1. The number of fused-ring (bicyclic) bond motifs is 1. The molecule has 1 aliphatic heterocycles. The van der Waals surface area contributed by atoms with E-state index in [-0.39, 0.29) is 0 Å². The Bertz CT molecular complexity index is 448. The Morgan fingerprint density at radius 2 is 2.20 bits per heavy atom. The number of ether oxygens (including phenoxy) is 1. The molecule has 80 valence electrons. The number of rotatable bonds is 1. The number of halogens is 2. The van der Waals surface area contributed by atoms with Crippen LogP contribution in [0.15, 0.2) is 11.1 Å². The molecule has 0 unspecified atom stereocenters. The molecular weight excluding hydrogens is 353 g/mol. The van der Waals surface area contributed by atoms with Crippen molar-refractivity contribution in [2.24, 2.45) is 4.99 Å². The van der Waals surface area contributed by atoms with Crippen LogP contribution in [-0.4, -0.2) is 34.3 Å². The van der Waals surface area contributed by atoms with Crippen molar-refractivity contribution in [3.05, 3.63) is 16.1 Å². The number of hydrogen-bond acceptors (Lipinski definition) is 3. The summed E-state index contributed by atoms with van der Waals surface area (Å²) in [5.41, 5.74) is 0.740. The van der Waals surface area contributed by atoms with Crippen LogP contribution in [0, 0.1) is 0 Å². The first kappa shape index (κ1) is 11.3. The molecule has 1 heterocycles. The van der Waals surface area contributed by atoms with Crippen LogP contribution < -0.4 is 8.35 Å². The minimum absolute atomic E-state index is 0.466. The van der Waals surface area contributed by atoms with Gasteiger partial charge in [-0.1, -0.05) is 0 Å². The summed E-state index contributed by atoms with van der Waals surface area (Å²) < 4.78 is 11.5. The third-order valence-corrected chi connectivity index (χ3v) is 4.80. The van der Waals surface area contributed by atoms with Gasteiger partial charge in [-0.25, -0.2) is 0 Å². The van der Waals surface area contributed by atoms with E-state index in [1.807, 2.05) is 13.0 Å². The molecule has 0 bridgehead atoms. The van der Waals surface area contributed by atoms with Crippen molar-refractivity contribution in [1.82, 2.24) is 0 Å². The van der Waals surface area contributed by atoms with Gasteiger partial charge in [-0.3, -0.25) is 0 Å². The fourth-order valence-electron chi connectivity index (χ4n) is 1.21. The zero-order chi connectivity index (χ0) is 11.0. The third kappa shape index (κ3) is 2.05. The Hall–Kier alpha value is -0.140. The van der Waals surface area contributed by atoms with Crippen LogP contribution >= 0.6 is 23.2 Å². The van der Waals surface area contributed by atoms with Gasteiger partial charge in [0.05, 0.1) is 0 Å². The average Bonchev–Trinajstić information content (AvgIpc) is 2.20. The van der Waals surface area contributed by atoms with Gasteiger partial charge in [-0.05, 0) is 0 Å². The maximum atomic E-state index is 6.15. The standard InChI is InChI=1S/C9H7Cl2NO2Te/c1-4-12-8-6(15-14-4)3-5(10)9(13-2)7(8)11/h3H,1-2H3. The Morgan fingerprint density at radius 1 is 1.47 bits per heavy atom. The van der Waals surface area contributed by atoms with Crippen LogP contribution in [0.5, 0.6) is 5.75 Å². The van der Waals surface area contributed by atoms with E-state index >= 15 is 0 Å². The van der Waals surface area contributed by atoms with Crippen molar-refractivity contribution in [1.29, 1.82) is 0 Å². The summed E-state index contributed by atoms with van der Waals surface area (Å²) in [5, 5.41) is 0.970. The minimum atomic E-state index is -0.732. The second kappa shape index (κ2) is 4.39. The van der Waals surface area contributed by atoms with Crippen LogP contribution in [0.2, 0.25) is 10.0 Å². The quantitative estimate of drug-likeness (QED) is 0.721. The predicted octanol–water partition coefficient (Wildman–Crippen LogP) is 2.33. The first-order chi connectivity index (χ1) is 7.13. The molecular formula is C9H7Cl2NO2Te. The molecule has 0 saturated carbocycles. The maximum absolute atomic E-state index is 6.15. The average molecular weight is 360 g/mol. The second-order valence-electron chi connectivity index (χ2n) is 2.85. The van der Waals surface area contributed by atoms with Gasteiger partial charge >= 0.3 is 108 Å². The van der Waals surface area contributed by atoms with Gasteiger partial charge in [0.25, 0.3) is 0 Å². The van der Waals surface area contributed by atoms with Crippen LogP contribution in [0.4, 0.5) is 5.69 Å². The zero-order valence-corrected chi connectivity index (χ0v) is 11.8. The van der Waals surface area contributed by atoms with Crippen molar-refractivity contribution >= 4 is 59.7 Å². The molecule has 0 aromatic heterocycles. The van der Waals surface area contributed by atoms with Gasteiger partial charge in [0.15, 0.2) is 0 Å². The molecule has 1 aromatic carbocycles. The van der Waals surface area contributed by atoms with Crippen molar-refractivity contribution in [2.75, 3.05) is 7.11 Å². The second-order valence-corrected chi connectivity index (χ2v) is 5.84. The number of nitrogens with zero attached hydrogens (tertiary/aromatic N) is 1. The predicted molar refractivity (Wildman–Crippen MR) is 62.3 cm³/mol. The van der Waals surface area contributed by atoms with Gasteiger partial charge in [-0.15, -0.1) is 0 Å². The number of benzene rings is 1. The molecule has 0 radical (unpaired) electrons. The fourth-order valence-corrected chi connectivity index (χ4v) is 4.06. The molecule has 15 heavy (non-hydrogen) atoms. The SMILES string of the molecule is COc1c(Cl)cc2c(c1Cl)N=C(C)O[Te]2. The number of hydrogen-bond donors (Lipinski definition) is 0. The van der Waals surface area contributed by atoms with Crippen LogP contribution in [0.25, 0.3) is 0 Å². The summed E-state index contributed by atoms with van der Waals surface area (Å²) in [6.07, 6.45) is 0. The molecule has 0 aliphatic carbocycles. The normalized spacial score (nSPS) is 14.0. The van der Waals surface area contributed by atoms with Crippen molar-refractivity contribution < 1.29 is 7.84 Å². The molecule has 0 N–H and O–H groups in total. The summed E-state index contributed by atoms with van der Waals surface area (Å²) >= 11 is 11.4. The van der Waals surface area contributed by atoms with E-state index in [0.717, 1.165) is 9.30 Å². The molecule has 1 aromatic rings. The van der Waals surface area contributed by atoms with E-state index in [2.05, 4.69) is 4.99 Å². The van der Waals surface area contributed by atoms with Gasteiger partial charge in [0.1, 0.15) is 0 Å². The summed E-state index contributed by atoms with van der Waals surface area (Å²) in [6, 6.07) is 1.82. The molecule has 0 atom stereocenters. The molecule has 0 amide bonds. The molecule has 1 aliphatic rings. The monoisotopic (exact) mass is 361 g/mol. The first-order valence-corrected chi connectivity index (χ1v) is 6.96. The van der Waals surface area contributed by atoms with E-state index in [4.69, 9.17) is 31.0 Å². The van der Waals surface area contributed by atoms with Gasteiger partial charge in [0.2, 0.25) is 0 Å². The van der Waals surface area contributed by atoms with Crippen molar-refractivity contribution in [3.63, 3.8) is 0 Å². The summed E-state index contributed by atoms with van der Waals surface area (Å²) in [7, 11) is 1.53. The van der Waals surface area contributed by atoms with E-state index in [1.165, 1.54) is 7.11 Å². The van der Waals surface area contributed by atoms with Crippen molar-refractivity contribution in [2.45, 2.75) is 6.92 Å². The number of methoxy groups -OCH3 is 1. The van der Waals surface area contributed by atoms with Crippen LogP contribution in [0.1, 0.15) is 6.92 Å². The van der Waals surface area contributed by atoms with E-state index in [9.17, 15) is 0 Å². The summed E-state index contributed by atoms with van der Waals surface area (Å²) in [4.78, 5) is 4.25. The van der Waals surface area contributed by atoms with Gasteiger partial charge in [0, 0.05) is 0 Å². The van der Waals surface area contributed by atoms with E-state index < -0.39 is 21.3 Å². The van der Waals surface area contributed by atoms with E-state index in [0.29, 0.717) is 21.7 Å². The van der Waals surface area contributed by atoms with Gasteiger partial charge < -0.3 is 0 Å². The van der Waals surface area contributed by atoms with Crippen molar-refractivity contribution in [3.8, 4) is 5.75 Å². The zero-order valence-electron chi connectivity index (χ0n) is 8.01. The molecule has 6 heteroatoms. The Labute approximate surface area is 108 Å². The molecule has 0 saturated heterocycles. The van der Waals surface area contributed by atoms with E-state index in [1.54, 1.807) is 0 Å². The molecule has 2 rings (SSSR count). The fraction of sp³-hybridized carbons (Fsp3) is 0.222. The topological polar surface area (TPSA) is 30.8 Å². The first-order valence-electron chi connectivity index (χ1n) is 4.09.